The number of carbonyl (C=O) groups excluding carboxylic acids is 1. The Morgan fingerprint density at radius 3 is 2.55 bits per heavy atom. The number of amides is 1. The van der Waals surface area contributed by atoms with Crippen LogP contribution < -0.4 is 9.46 Å². The maximum atomic E-state index is 12.5. The molecule has 156 valence electrons. The predicted molar refractivity (Wildman–Crippen MR) is 110 cm³/mol. The van der Waals surface area contributed by atoms with Crippen LogP contribution in [0.5, 0.6) is 5.75 Å². The third-order valence-corrected chi connectivity index (χ3v) is 6.42. The Bertz CT molecular complexity index is 893. The van der Waals surface area contributed by atoms with E-state index in [0.29, 0.717) is 37.6 Å². The second-order valence-corrected chi connectivity index (χ2v) is 8.92. The summed E-state index contributed by atoms with van der Waals surface area (Å²) in [5.41, 5.74) is 0.581. The smallest absolute Gasteiger partial charge is 0.255 e. The lowest BCUT2D eigenvalue weighted by atomic mass is 9.97. The lowest BCUT2D eigenvalue weighted by Crippen LogP contribution is -2.41. The number of aromatic nitrogens is 1. The molecule has 1 fully saturated rings. The van der Waals surface area contributed by atoms with E-state index in [1.807, 2.05) is 6.92 Å². The first-order valence-corrected chi connectivity index (χ1v) is 11.4. The molecule has 8 heteroatoms. The van der Waals surface area contributed by atoms with Gasteiger partial charge < -0.3 is 9.64 Å². The van der Waals surface area contributed by atoms with Crippen LogP contribution in [0.3, 0.4) is 0 Å². The van der Waals surface area contributed by atoms with E-state index in [1.165, 1.54) is 0 Å². The highest BCUT2D eigenvalue weighted by Gasteiger charge is 2.25. The number of nitrogens with zero attached hydrogens (tertiary/aromatic N) is 2. The number of hydrogen-bond acceptors (Lipinski definition) is 5. The van der Waals surface area contributed by atoms with Gasteiger partial charge in [0.05, 0.1) is 17.1 Å². The Kier molecular flexibility index (Phi) is 7.22. The molecule has 1 aromatic heterocycles. The monoisotopic (exact) mass is 417 g/mol. The van der Waals surface area contributed by atoms with Crippen molar-refractivity contribution in [3.8, 4) is 5.75 Å². The molecule has 1 amide bonds. The third kappa shape index (κ3) is 5.77. The second-order valence-electron chi connectivity index (χ2n) is 7.15. The van der Waals surface area contributed by atoms with Crippen LogP contribution in [0.2, 0.25) is 0 Å². The molecule has 0 spiro atoms. The summed E-state index contributed by atoms with van der Waals surface area (Å²) in [4.78, 5) is 18.5. The van der Waals surface area contributed by atoms with E-state index in [9.17, 15) is 13.2 Å². The van der Waals surface area contributed by atoms with Crippen molar-refractivity contribution in [3.05, 3.63) is 54.4 Å². The van der Waals surface area contributed by atoms with E-state index in [4.69, 9.17) is 4.74 Å². The maximum absolute atomic E-state index is 12.5. The number of hydrogen-bond donors (Lipinski definition) is 1. The summed E-state index contributed by atoms with van der Waals surface area (Å²) in [5.74, 6) is 0.842. The second kappa shape index (κ2) is 9.84. The zero-order valence-corrected chi connectivity index (χ0v) is 17.4. The maximum Gasteiger partial charge on any atom is 0.255 e. The van der Waals surface area contributed by atoms with E-state index in [1.54, 1.807) is 53.7 Å². The highest BCUT2D eigenvalue weighted by Crippen LogP contribution is 2.20. The first-order chi connectivity index (χ1) is 14.0. The number of sulfonamides is 1. The molecule has 0 atom stereocenters. The van der Waals surface area contributed by atoms with Gasteiger partial charge in [0.15, 0.2) is 0 Å². The standard InChI is InChI=1S/C21H27N3O4S/c1-2-14-28-19-5-7-20(8-6-19)29(26,27)23-15-17-9-12-24(13-10-17)21(25)18-4-3-11-22-16-18/h3-8,11,16-17,23H,2,9-10,12-15H2,1H3. The fourth-order valence-corrected chi connectivity index (χ4v) is 4.37. The molecule has 0 saturated carbocycles. The number of rotatable bonds is 8. The summed E-state index contributed by atoms with van der Waals surface area (Å²) in [6, 6.07) is 9.97. The number of carbonyl (C=O) groups is 1. The highest BCUT2D eigenvalue weighted by atomic mass is 32.2. The lowest BCUT2D eigenvalue weighted by molar-refractivity contribution is 0.0691. The molecule has 2 heterocycles. The minimum atomic E-state index is -3.56. The summed E-state index contributed by atoms with van der Waals surface area (Å²) in [6.45, 7) is 4.22. The predicted octanol–water partition coefficient (Wildman–Crippen LogP) is 2.70. The van der Waals surface area contributed by atoms with Crippen LogP contribution in [-0.4, -0.2) is 50.5 Å². The Hall–Kier alpha value is -2.45. The number of likely N-dealkylation sites (tertiary alicyclic amines) is 1. The van der Waals surface area contributed by atoms with Crippen molar-refractivity contribution >= 4 is 15.9 Å². The molecule has 1 aromatic carbocycles. The Labute approximate surface area is 172 Å². The minimum Gasteiger partial charge on any atom is -0.494 e. The van der Waals surface area contributed by atoms with Crippen LogP contribution in [0.4, 0.5) is 0 Å². The van der Waals surface area contributed by atoms with Crippen LogP contribution >= 0.6 is 0 Å². The van der Waals surface area contributed by atoms with Gasteiger partial charge in [-0.15, -0.1) is 0 Å². The third-order valence-electron chi connectivity index (χ3n) is 4.98. The van der Waals surface area contributed by atoms with Gasteiger partial charge in [0.1, 0.15) is 5.75 Å². The quantitative estimate of drug-likeness (QED) is 0.713. The molecule has 7 nitrogen and oxygen atoms in total. The molecule has 3 rings (SSSR count). The van der Waals surface area contributed by atoms with Gasteiger partial charge in [0.2, 0.25) is 10.0 Å². The fraction of sp³-hybridized carbons (Fsp3) is 0.429. The van der Waals surface area contributed by atoms with Crippen LogP contribution in [0.15, 0.2) is 53.7 Å². The number of nitrogens with one attached hydrogen (secondary N) is 1. The van der Waals surface area contributed by atoms with Gasteiger partial charge in [-0.25, -0.2) is 13.1 Å². The topological polar surface area (TPSA) is 88.6 Å². The van der Waals surface area contributed by atoms with E-state index in [0.717, 1.165) is 19.3 Å². The Morgan fingerprint density at radius 1 is 1.21 bits per heavy atom. The van der Waals surface area contributed by atoms with Crippen molar-refractivity contribution in [1.82, 2.24) is 14.6 Å². The van der Waals surface area contributed by atoms with Crippen molar-refractivity contribution in [2.45, 2.75) is 31.1 Å². The molecular formula is C21H27N3O4S. The summed E-state index contributed by atoms with van der Waals surface area (Å²) >= 11 is 0. The molecule has 1 N–H and O–H groups in total. The summed E-state index contributed by atoms with van der Waals surface area (Å²) < 4.78 is 33.3. The van der Waals surface area contributed by atoms with Crippen molar-refractivity contribution in [1.29, 1.82) is 0 Å². The SMILES string of the molecule is CCCOc1ccc(S(=O)(=O)NCC2CCN(C(=O)c3cccnc3)CC2)cc1. The molecule has 0 radical (unpaired) electrons. The number of piperidine rings is 1. The Morgan fingerprint density at radius 2 is 1.93 bits per heavy atom. The summed E-state index contributed by atoms with van der Waals surface area (Å²) in [5, 5.41) is 0. The van der Waals surface area contributed by atoms with Crippen molar-refractivity contribution in [3.63, 3.8) is 0 Å². The average Bonchev–Trinajstić information content (AvgIpc) is 2.77. The summed E-state index contributed by atoms with van der Waals surface area (Å²) in [6.07, 6.45) is 5.63. The van der Waals surface area contributed by atoms with Gasteiger partial charge in [-0.05, 0) is 61.6 Å². The number of benzene rings is 1. The van der Waals surface area contributed by atoms with Crippen LogP contribution in [0, 0.1) is 5.92 Å². The fourth-order valence-electron chi connectivity index (χ4n) is 3.26. The average molecular weight is 418 g/mol. The molecule has 0 bridgehead atoms. The van der Waals surface area contributed by atoms with E-state index in [2.05, 4.69) is 9.71 Å². The zero-order chi connectivity index (χ0) is 20.7. The minimum absolute atomic E-state index is 0.0255. The normalized spacial score (nSPS) is 15.3. The molecule has 1 aliphatic rings. The summed E-state index contributed by atoms with van der Waals surface area (Å²) in [7, 11) is -3.56. The first-order valence-electron chi connectivity index (χ1n) is 9.91. The van der Waals surface area contributed by atoms with Gasteiger partial charge in [-0.2, -0.15) is 0 Å². The van der Waals surface area contributed by atoms with Crippen LogP contribution in [0.1, 0.15) is 36.5 Å². The van der Waals surface area contributed by atoms with E-state index < -0.39 is 10.0 Å². The zero-order valence-electron chi connectivity index (χ0n) is 16.6. The van der Waals surface area contributed by atoms with Crippen molar-refractivity contribution in [2.75, 3.05) is 26.2 Å². The van der Waals surface area contributed by atoms with Gasteiger partial charge in [-0.1, -0.05) is 6.92 Å². The number of ether oxygens (including phenoxy) is 1. The van der Waals surface area contributed by atoms with Crippen molar-refractivity contribution in [2.24, 2.45) is 5.92 Å². The van der Waals surface area contributed by atoms with Crippen LogP contribution in [-0.2, 0) is 10.0 Å². The van der Waals surface area contributed by atoms with Crippen LogP contribution in [0.25, 0.3) is 0 Å². The Balaban J connectivity index is 1.48. The highest BCUT2D eigenvalue weighted by molar-refractivity contribution is 7.89. The van der Waals surface area contributed by atoms with Gasteiger partial charge in [0, 0.05) is 32.0 Å². The number of pyridine rings is 1. The molecule has 0 unspecified atom stereocenters. The van der Waals surface area contributed by atoms with Crippen molar-refractivity contribution < 1.29 is 17.9 Å². The molecule has 2 aromatic rings. The first kappa shape index (κ1) is 21.3. The van der Waals surface area contributed by atoms with E-state index >= 15 is 0 Å². The van der Waals surface area contributed by atoms with E-state index in [-0.39, 0.29) is 16.7 Å². The lowest BCUT2D eigenvalue weighted by Gasteiger charge is -2.32. The molecular weight excluding hydrogens is 390 g/mol. The van der Waals surface area contributed by atoms with Gasteiger partial charge in [0.25, 0.3) is 5.91 Å². The molecule has 29 heavy (non-hydrogen) atoms. The molecule has 1 saturated heterocycles. The molecule has 0 aliphatic carbocycles. The van der Waals surface area contributed by atoms with Gasteiger partial charge >= 0.3 is 0 Å². The molecule has 1 aliphatic heterocycles. The largest absolute Gasteiger partial charge is 0.494 e. The van der Waals surface area contributed by atoms with Gasteiger partial charge in [-0.3, -0.25) is 9.78 Å².